The highest BCUT2D eigenvalue weighted by Crippen LogP contribution is 2.25. The molecule has 2 saturated heterocycles. The zero-order valence-electron chi connectivity index (χ0n) is 19.7. The van der Waals surface area contributed by atoms with E-state index in [1.54, 1.807) is 6.20 Å². The van der Waals surface area contributed by atoms with Gasteiger partial charge >= 0.3 is 6.18 Å². The molecule has 1 amide bonds. The predicted molar refractivity (Wildman–Crippen MR) is 127 cm³/mol. The van der Waals surface area contributed by atoms with Gasteiger partial charge in [-0.15, -0.1) is 0 Å². The van der Waals surface area contributed by atoms with Crippen LogP contribution in [0.1, 0.15) is 36.0 Å². The molecule has 0 bridgehead atoms. The number of carbonyl (C=O) groups excluding carboxylic acids is 2. The maximum absolute atomic E-state index is 12.7. The van der Waals surface area contributed by atoms with E-state index in [2.05, 4.69) is 4.98 Å². The molecule has 10 heteroatoms. The molecule has 2 aliphatic heterocycles. The van der Waals surface area contributed by atoms with Crippen molar-refractivity contribution in [1.29, 1.82) is 0 Å². The number of rotatable bonds is 6. The number of hydrogen-bond donors (Lipinski definition) is 0. The van der Waals surface area contributed by atoms with E-state index < -0.39 is 18.5 Å². The summed E-state index contributed by atoms with van der Waals surface area (Å²) in [5, 5.41) is 0.956. The predicted octanol–water partition coefficient (Wildman–Crippen LogP) is 4.24. The van der Waals surface area contributed by atoms with E-state index >= 15 is 0 Å². The number of hydrogen-bond acceptors (Lipinski definition) is 5. The number of Topliss-reactive ketones (excluding diaryl/α,β-unsaturated/α-hetero) is 1. The van der Waals surface area contributed by atoms with Gasteiger partial charge in [0.25, 0.3) is 5.91 Å². The summed E-state index contributed by atoms with van der Waals surface area (Å²) < 4.78 is 45.3. The van der Waals surface area contributed by atoms with Gasteiger partial charge in [-0.05, 0) is 62.1 Å². The molecule has 3 aromatic rings. The summed E-state index contributed by atoms with van der Waals surface area (Å²) >= 11 is 0. The standard InChI is InChI=1S/C26H27F3N4O3/c27-26(28,29)23(34)17-31-12-8-20(9-13-31)36-21-4-6-24(30-16-21)33-14-7-18-15-19(3-5-22(18)33)25(35)32-10-1-2-11-32/h3-7,14-16,20H,1-2,8-13,17H2. The van der Waals surface area contributed by atoms with E-state index in [9.17, 15) is 22.8 Å². The van der Waals surface area contributed by atoms with Gasteiger partial charge in [0.1, 0.15) is 17.7 Å². The molecule has 2 aliphatic rings. The highest BCUT2D eigenvalue weighted by atomic mass is 19.4. The molecule has 190 valence electrons. The fourth-order valence-electron chi connectivity index (χ4n) is 4.83. The number of alkyl halides is 3. The second-order valence-corrected chi connectivity index (χ2v) is 9.33. The molecule has 7 nitrogen and oxygen atoms in total. The van der Waals surface area contributed by atoms with Crippen molar-refractivity contribution in [1.82, 2.24) is 19.4 Å². The molecule has 5 rings (SSSR count). The third-order valence-corrected chi connectivity index (χ3v) is 6.82. The number of fused-ring (bicyclic) bond motifs is 1. The first-order chi connectivity index (χ1) is 17.3. The van der Waals surface area contributed by atoms with Gasteiger partial charge in [0.2, 0.25) is 5.78 Å². The number of benzene rings is 1. The van der Waals surface area contributed by atoms with Crippen molar-refractivity contribution < 1.29 is 27.5 Å². The van der Waals surface area contributed by atoms with Gasteiger partial charge in [0, 0.05) is 43.3 Å². The minimum atomic E-state index is -4.79. The first kappa shape index (κ1) is 24.3. The molecular formula is C26H27F3N4O3. The van der Waals surface area contributed by atoms with Crippen LogP contribution in [0.3, 0.4) is 0 Å². The number of halogens is 3. The molecule has 0 atom stereocenters. The Balaban J connectivity index is 1.20. The first-order valence-corrected chi connectivity index (χ1v) is 12.1. The minimum Gasteiger partial charge on any atom is -0.489 e. The lowest BCUT2D eigenvalue weighted by molar-refractivity contribution is -0.172. The van der Waals surface area contributed by atoms with Crippen molar-refractivity contribution in [3.63, 3.8) is 0 Å². The molecule has 0 spiro atoms. The Kier molecular flexibility index (Phi) is 6.70. The summed E-state index contributed by atoms with van der Waals surface area (Å²) in [6.07, 6.45) is 1.78. The SMILES string of the molecule is O=C(c1ccc2c(ccn2-c2ccc(OC3CCN(CC(=O)C(F)(F)F)CC3)cn2)c1)N1CCCC1. The number of piperidine rings is 1. The largest absolute Gasteiger partial charge is 0.489 e. The summed E-state index contributed by atoms with van der Waals surface area (Å²) in [5.74, 6) is -0.358. The first-order valence-electron chi connectivity index (χ1n) is 12.1. The number of nitrogens with zero attached hydrogens (tertiary/aromatic N) is 4. The molecule has 2 fully saturated rings. The fourth-order valence-corrected chi connectivity index (χ4v) is 4.83. The number of pyridine rings is 1. The molecule has 0 saturated carbocycles. The third kappa shape index (κ3) is 5.23. The van der Waals surface area contributed by atoms with Crippen LogP contribution in [0.5, 0.6) is 5.75 Å². The number of ketones is 1. The van der Waals surface area contributed by atoms with Crippen molar-refractivity contribution >= 4 is 22.6 Å². The third-order valence-electron chi connectivity index (χ3n) is 6.82. The Morgan fingerprint density at radius 2 is 1.75 bits per heavy atom. The molecule has 0 N–H and O–H groups in total. The number of aromatic nitrogens is 2. The lowest BCUT2D eigenvalue weighted by Gasteiger charge is -2.31. The average Bonchev–Trinajstić information content (AvgIpc) is 3.55. The Bertz CT molecular complexity index is 1240. The fraction of sp³-hybridized carbons (Fsp3) is 0.423. The zero-order valence-corrected chi connectivity index (χ0v) is 19.7. The molecule has 1 aromatic carbocycles. The summed E-state index contributed by atoms with van der Waals surface area (Å²) in [5.41, 5.74) is 1.63. The van der Waals surface area contributed by atoms with E-state index in [4.69, 9.17) is 4.74 Å². The second-order valence-electron chi connectivity index (χ2n) is 9.33. The maximum atomic E-state index is 12.7. The molecule has 36 heavy (non-hydrogen) atoms. The van der Waals surface area contributed by atoms with Crippen molar-refractivity contribution in [3.8, 4) is 11.6 Å². The zero-order chi connectivity index (χ0) is 25.3. The summed E-state index contributed by atoms with van der Waals surface area (Å²) in [4.78, 5) is 31.8. The van der Waals surface area contributed by atoms with Gasteiger partial charge in [-0.3, -0.25) is 14.5 Å². The van der Waals surface area contributed by atoms with E-state index in [0.29, 0.717) is 43.1 Å². The smallest absolute Gasteiger partial charge is 0.451 e. The Hall–Kier alpha value is -3.40. The molecule has 0 unspecified atom stereocenters. The minimum absolute atomic E-state index is 0.0690. The van der Waals surface area contributed by atoms with Crippen LogP contribution >= 0.6 is 0 Å². The molecule has 0 radical (unpaired) electrons. The quantitative estimate of drug-likeness (QED) is 0.507. The molecule has 0 aliphatic carbocycles. The van der Waals surface area contributed by atoms with E-state index in [1.807, 2.05) is 52.1 Å². The number of likely N-dealkylation sites (tertiary alicyclic amines) is 2. The van der Waals surface area contributed by atoms with Gasteiger partial charge in [-0.2, -0.15) is 13.2 Å². The summed E-state index contributed by atoms with van der Waals surface area (Å²) in [6.45, 7) is 1.76. The van der Waals surface area contributed by atoms with Crippen LogP contribution in [0.25, 0.3) is 16.7 Å². The van der Waals surface area contributed by atoms with E-state index in [1.165, 1.54) is 4.90 Å². The van der Waals surface area contributed by atoms with Crippen molar-refractivity contribution in [2.75, 3.05) is 32.7 Å². The van der Waals surface area contributed by atoms with Crippen LogP contribution in [0.15, 0.2) is 48.8 Å². The topological polar surface area (TPSA) is 67.7 Å². The molecule has 2 aromatic heterocycles. The average molecular weight is 501 g/mol. The van der Waals surface area contributed by atoms with Crippen LogP contribution in [-0.2, 0) is 4.79 Å². The summed E-state index contributed by atoms with van der Waals surface area (Å²) in [6, 6.07) is 11.3. The number of carbonyl (C=O) groups is 2. The Morgan fingerprint density at radius 3 is 2.42 bits per heavy atom. The Morgan fingerprint density at radius 1 is 1.00 bits per heavy atom. The summed E-state index contributed by atoms with van der Waals surface area (Å²) in [7, 11) is 0. The molecule has 4 heterocycles. The van der Waals surface area contributed by atoms with Gasteiger partial charge in [0.05, 0.1) is 18.3 Å². The van der Waals surface area contributed by atoms with E-state index in [-0.39, 0.29) is 12.0 Å². The number of amides is 1. The highest BCUT2D eigenvalue weighted by Gasteiger charge is 2.39. The maximum Gasteiger partial charge on any atom is 0.451 e. The van der Waals surface area contributed by atoms with Crippen LogP contribution in [0.4, 0.5) is 13.2 Å². The number of ether oxygens (including phenoxy) is 1. The molecular weight excluding hydrogens is 473 g/mol. The van der Waals surface area contributed by atoms with Gasteiger partial charge in [0.15, 0.2) is 0 Å². The highest BCUT2D eigenvalue weighted by molar-refractivity contribution is 5.98. The monoisotopic (exact) mass is 500 g/mol. The van der Waals surface area contributed by atoms with Crippen LogP contribution in [0.2, 0.25) is 0 Å². The Labute approximate surface area is 206 Å². The van der Waals surface area contributed by atoms with Gasteiger partial charge < -0.3 is 14.2 Å². The lowest BCUT2D eigenvalue weighted by Crippen LogP contribution is -2.43. The van der Waals surface area contributed by atoms with Crippen LogP contribution in [0, 0.1) is 0 Å². The van der Waals surface area contributed by atoms with Crippen molar-refractivity contribution in [2.24, 2.45) is 0 Å². The van der Waals surface area contributed by atoms with Gasteiger partial charge in [-0.1, -0.05) is 0 Å². The lowest BCUT2D eigenvalue weighted by atomic mass is 10.1. The van der Waals surface area contributed by atoms with E-state index in [0.717, 1.165) is 36.8 Å². The second kappa shape index (κ2) is 9.93. The normalized spacial score (nSPS) is 17.6. The van der Waals surface area contributed by atoms with Crippen molar-refractivity contribution in [3.05, 3.63) is 54.4 Å². The van der Waals surface area contributed by atoms with Crippen LogP contribution < -0.4 is 4.74 Å². The van der Waals surface area contributed by atoms with Crippen LogP contribution in [-0.4, -0.2) is 76.0 Å². The van der Waals surface area contributed by atoms with Crippen molar-refractivity contribution in [2.45, 2.75) is 38.0 Å². The van der Waals surface area contributed by atoms with Gasteiger partial charge in [-0.25, -0.2) is 4.98 Å².